The van der Waals surface area contributed by atoms with Crippen molar-refractivity contribution in [3.63, 3.8) is 0 Å². The van der Waals surface area contributed by atoms with Crippen LogP contribution in [0.5, 0.6) is 0 Å². The predicted octanol–water partition coefficient (Wildman–Crippen LogP) is 4.69. The molecular formula is C19H18N4. The number of aromatic amines is 1. The molecule has 1 aromatic carbocycles. The zero-order valence-corrected chi connectivity index (χ0v) is 12.9. The lowest BCUT2D eigenvalue weighted by Gasteiger charge is -2.12. The zero-order valence-electron chi connectivity index (χ0n) is 12.9. The lowest BCUT2D eigenvalue weighted by molar-refractivity contribution is 0.532. The van der Waals surface area contributed by atoms with Gasteiger partial charge in [-0.15, -0.1) is 0 Å². The van der Waals surface area contributed by atoms with Crippen LogP contribution in [-0.4, -0.2) is 19.5 Å². The molecule has 0 atom stereocenters. The Morgan fingerprint density at radius 1 is 1.04 bits per heavy atom. The topological polar surface area (TPSA) is 46.5 Å². The molecule has 0 amide bonds. The third kappa shape index (κ3) is 1.98. The van der Waals surface area contributed by atoms with Crippen molar-refractivity contribution in [1.82, 2.24) is 19.5 Å². The van der Waals surface area contributed by atoms with Crippen LogP contribution in [0, 0.1) is 0 Å². The summed E-state index contributed by atoms with van der Waals surface area (Å²) in [6.07, 6.45) is 9.04. The highest BCUT2D eigenvalue weighted by atomic mass is 15.1. The minimum Gasteiger partial charge on any atom is -0.353 e. The second kappa shape index (κ2) is 4.95. The molecule has 1 fully saturated rings. The minimum atomic E-state index is 0.595. The van der Waals surface area contributed by atoms with E-state index in [9.17, 15) is 0 Å². The molecule has 1 aliphatic rings. The van der Waals surface area contributed by atoms with E-state index in [1.807, 2.05) is 0 Å². The third-order valence-electron chi connectivity index (χ3n) is 5.01. The fraction of sp³-hybridized carbons (Fsp3) is 0.263. The second-order valence-corrected chi connectivity index (χ2v) is 6.39. The summed E-state index contributed by atoms with van der Waals surface area (Å²) in [5.41, 5.74) is 4.25. The normalized spacial score (nSPS) is 15.8. The van der Waals surface area contributed by atoms with Crippen molar-refractivity contribution in [1.29, 1.82) is 0 Å². The fourth-order valence-corrected chi connectivity index (χ4v) is 3.86. The van der Waals surface area contributed by atoms with E-state index < -0.39 is 0 Å². The molecular weight excluding hydrogens is 284 g/mol. The number of hydrogen-bond acceptors (Lipinski definition) is 2. The molecule has 0 radical (unpaired) electrons. The molecule has 0 unspecified atom stereocenters. The Balaban J connectivity index is 1.69. The highest BCUT2D eigenvalue weighted by Gasteiger charge is 2.20. The first-order chi connectivity index (χ1) is 11.4. The SMILES string of the molecule is c1ccc2[nH]c(-c3ncnc4c3ccn4C3CCCC3)cc2c1. The van der Waals surface area contributed by atoms with Crippen molar-refractivity contribution in [3.05, 3.63) is 48.9 Å². The van der Waals surface area contributed by atoms with E-state index in [0.717, 1.165) is 27.9 Å². The van der Waals surface area contributed by atoms with Crippen LogP contribution >= 0.6 is 0 Å². The average molecular weight is 302 g/mol. The monoisotopic (exact) mass is 302 g/mol. The number of benzene rings is 1. The molecule has 1 saturated carbocycles. The Morgan fingerprint density at radius 3 is 2.78 bits per heavy atom. The molecule has 0 bridgehead atoms. The van der Waals surface area contributed by atoms with Crippen LogP contribution in [0.2, 0.25) is 0 Å². The number of aromatic nitrogens is 4. The Labute approximate surface area is 134 Å². The van der Waals surface area contributed by atoms with E-state index >= 15 is 0 Å². The molecule has 1 aliphatic carbocycles. The summed E-state index contributed by atoms with van der Waals surface area (Å²) in [6, 6.07) is 13.3. The molecule has 4 nitrogen and oxygen atoms in total. The fourth-order valence-electron chi connectivity index (χ4n) is 3.86. The number of para-hydroxylation sites is 1. The summed E-state index contributed by atoms with van der Waals surface area (Å²) in [4.78, 5) is 12.6. The van der Waals surface area contributed by atoms with Crippen LogP contribution in [0.25, 0.3) is 33.3 Å². The predicted molar refractivity (Wildman–Crippen MR) is 92.3 cm³/mol. The van der Waals surface area contributed by atoms with Crippen molar-refractivity contribution < 1.29 is 0 Å². The smallest absolute Gasteiger partial charge is 0.144 e. The summed E-state index contributed by atoms with van der Waals surface area (Å²) >= 11 is 0. The van der Waals surface area contributed by atoms with Gasteiger partial charge in [0.15, 0.2) is 0 Å². The molecule has 1 N–H and O–H groups in total. The van der Waals surface area contributed by atoms with Gasteiger partial charge >= 0.3 is 0 Å². The molecule has 0 spiro atoms. The van der Waals surface area contributed by atoms with Crippen LogP contribution in [0.1, 0.15) is 31.7 Å². The van der Waals surface area contributed by atoms with Crippen LogP contribution in [0.4, 0.5) is 0 Å². The lowest BCUT2D eigenvalue weighted by atomic mass is 10.2. The minimum absolute atomic E-state index is 0.595. The molecule has 3 aromatic heterocycles. The van der Waals surface area contributed by atoms with Gasteiger partial charge in [-0.1, -0.05) is 31.0 Å². The highest BCUT2D eigenvalue weighted by molar-refractivity contribution is 5.94. The second-order valence-electron chi connectivity index (χ2n) is 6.39. The first-order valence-corrected chi connectivity index (χ1v) is 8.30. The molecule has 4 aromatic rings. The van der Waals surface area contributed by atoms with Crippen molar-refractivity contribution in [2.24, 2.45) is 0 Å². The maximum absolute atomic E-state index is 4.56. The van der Waals surface area contributed by atoms with Gasteiger partial charge in [-0.25, -0.2) is 9.97 Å². The molecule has 3 heterocycles. The van der Waals surface area contributed by atoms with E-state index in [2.05, 4.69) is 62.1 Å². The summed E-state index contributed by atoms with van der Waals surface area (Å²) in [5.74, 6) is 0. The third-order valence-corrected chi connectivity index (χ3v) is 5.01. The molecule has 23 heavy (non-hydrogen) atoms. The number of H-pyrrole nitrogens is 1. The van der Waals surface area contributed by atoms with Gasteiger partial charge in [0.2, 0.25) is 0 Å². The number of rotatable bonds is 2. The Bertz CT molecular complexity index is 956. The zero-order chi connectivity index (χ0) is 15.2. The van der Waals surface area contributed by atoms with Gasteiger partial charge in [0.05, 0.1) is 11.4 Å². The maximum atomic E-state index is 4.56. The molecule has 0 saturated heterocycles. The summed E-state index contributed by atoms with van der Waals surface area (Å²) in [6.45, 7) is 0. The van der Waals surface area contributed by atoms with E-state index in [4.69, 9.17) is 0 Å². The molecule has 4 heteroatoms. The molecule has 114 valence electrons. The highest BCUT2D eigenvalue weighted by Crippen LogP contribution is 2.34. The molecule has 0 aliphatic heterocycles. The number of hydrogen-bond donors (Lipinski definition) is 1. The van der Waals surface area contributed by atoms with Gasteiger partial charge in [0.1, 0.15) is 12.0 Å². The quantitative estimate of drug-likeness (QED) is 0.583. The Kier molecular flexibility index (Phi) is 2.77. The van der Waals surface area contributed by atoms with Gasteiger partial charge < -0.3 is 9.55 Å². The van der Waals surface area contributed by atoms with Crippen LogP contribution in [0.15, 0.2) is 48.9 Å². The number of fused-ring (bicyclic) bond motifs is 2. The Morgan fingerprint density at radius 2 is 1.91 bits per heavy atom. The van der Waals surface area contributed by atoms with E-state index in [0.29, 0.717) is 6.04 Å². The number of nitrogens with zero attached hydrogens (tertiary/aromatic N) is 3. The first-order valence-electron chi connectivity index (χ1n) is 8.30. The summed E-state index contributed by atoms with van der Waals surface area (Å²) in [5, 5.41) is 2.34. The van der Waals surface area contributed by atoms with Crippen molar-refractivity contribution in [2.45, 2.75) is 31.7 Å². The van der Waals surface area contributed by atoms with Gasteiger partial charge in [0, 0.05) is 28.5 Å². The van der Waals surface area contributed by atoms with Crippen molar-refractivity contribution >= 4 is 21.9 Å². The van der Waals surface area contributed by atoms with Gasteiger partial charge in [-0.05, 0) is 31.0 Å². The first kappa shape index (κ1) is 12.9. The van der Waals surface area contributed by atoms with Crippen LogP contribution in [-0.2, 0) is 0 Å². The van der Waals surface area contributed by atoms with Gasteiger partial charge in [-0.3, -0.25) is 0 Å². The van der Waals surface area contributed by atoms with E-state index in [1.165, 1.54) is 31.1 Å². The van der Waals surface area contributed by atoms with Crippen molar-refractivity contribution in [3.8, 4) is 11.4 Å². The van der Waals surface area contributed by atoms with E-state index in [-0.39, 0.29) is 0 Å². The van der Waals surface area contributed by atoms with Crippen LogP contribution < -0.4 is 0 Å². The van der Waals surface area contributed by atoms with E-state index in [1.54, 1.807) is 6.33 Å². The van der Waals surface area contributed by atoms with Gasteiger partial charge in [-0.2, -0.15) is 0 Å². The maximum Gasteiger partial charge on any atom is 0.144 e. The average Bonchev–Trinajstić information content (AvgIpc) is 3.31. The standard InChI is InChI=1S/C19H18N4/c1-4-8-16-13(5-1)11-17(22-16)18-15-9-10-23(14-6-2-3-7-14)19(15)21-12-20-18/h1,4-5,8-12,14,22H,2-3,6-7H2. The van der Waals surface area contributed by atoms with Gasteiger partial charge in [0.25, 0.3) is 0 Å². The lowest BCUT2D eigenvalue weighted by Crippen LogP contribution is -2.04. The largest absolute Gasteiger partial charge is 0.353 e. The van der Waals surface area contributed by atoms with Crippen molar-refractivity contribution in [2.75, 3.05) is 0 Å². The molecule has 5 rings (SSSR count). The Hall–Kier alpha value is -2.62. The summed E-state index contributed by atoms with van der Waals surface area (Å²) in [7, 11) is 0. The van der Waals surface area contributed by atoms with Crippen LogP contribution in [0.3, 0.4) is 0 Å². The summed E-state index contributed by atoms with van der Waals surface area (Å²) < 4.78 is 2.34. The number of nitrogens with one attached hydrogen (secondary N) is 1.